The topological polar surface area (TPSA) is 93.7 Å². The zero-order valence-corrected chi connectivity index (χ0v) is 18.1. The fraction of sp³-hybridized carbons (Fsp3) is 0.174. The molecule has 1 amide bonds. The third-order valence-corrected chi connectivity index (χ3v) is 6.09. The zero-order valence-electron chi connectivity index (χ0n) is 17.3. The molecule has 0 aliphatic carbocycles. The van der Waals surface area contributed by atoms with Crippen molar-refractivity contribution < 1.29 is 22.7 Å². The van der Waals surface area contributed by atoms with Gasteiger partial charge >= 0.3 is 0 Å². The van der Waals surface area contributed by atoms with Gasteiger partial charge in [0.15, 0.2) is 11.5 Å². The van der Waals surface area contributed by atoms with E-state index in [2.05, 4.69) is 10.0 Å². The summed E-state index contributed by atoms with van der Waals surface area (Å²) in [5.41, 5.74) is 1.92. The van der Waals surface area contributed by atoms with Crippen LogP contribution in [0.5, 0.6) is 11.5 Å². The van der Waals surface area contributed by atoms with Crippen molar-refractivity contribution in [2.45, 2.75) is 11.3 Å². The molecule has 0 aliphatic rings. The van der Waals surface area contributed by atoms with Crippen LogP contribution in [0.1, 0.15) is 15.9 Å². The predicted octanol–water partition coefficient (Wildman–Crippen LogP) is 3.48. The number of sulfonamides is 1. The van der Waals surface area contributed by atoms with Crippen molar-refractivity contribution in [3.63, 3.8) is 0 Å². The molecule has 3 aromatic rings. The summed E-state index contributed by atoms with van der Waals surface area (Å²) in [7, 11) is -0.627. The minimum absolute atomic E-state index is 0.129. The number of benzene rings is 3. The molecule has 31 heavy (non-hydrogen) atoms. The van der Waals surface area contributed by atoms with Gasteiger partial charge in [-0.25, -0.2) is 13.1 Å². The van der Waals surface area contributed by atoms with Gasteiger partial charge in [0.25, 0.3) is 5.91 Å². The Hall–Kier alpha value is -3.36. The van der Waals surface area contributed by atoms with Crippen LogP contribution in [0.4, 0.5) is 5.69 Å². The molecule has 8 heteroatoms. The van der Waals surface area contributed by atoms with Gasteiger partial charge in [-0.15, -0.1) is 0 Å². The largest absolute Gasteiger partial charge is 0.493 e. The summed E-state index contributed by atoms with van der Waals surface area (Å²) in [4.78, 5) is 12.6. The molecule has 0 heterocycles. The van der Waals surface area contributed by atoms with Crippen LogP contribution in [-0.2, 0) is 16.4 Å². The number of amides is 1. The van der Waals surface area contributed by atoms with E-state index in [4.69, 9.17) is 9.47 Å². The van der Waals surface area contributed by atoms with Crippen molar-refractivity contribution in [3.05, 3.63) is 83.9 Å². The summed E-state index contributed by atoms with van der Waals surface area (Å²) >= 11 is 0. The van der Waals surface area contributed by atoms with Crippen LogP contribution in [0.2, 0.25) is 0 Å². The van der Waals surface area contributed by atoms with Gasteiger partial charge in [0.2, 0.25) is 10.0 Å². The molecule has 3 aromatic carbocycles. The standard InChI is InChI=1S/C23H24N2O5S/c1-29-21-13-8-18(16-22(21)30-2)23(26)25-19-9-11-20(12-10-19)31(27,28)24-15-14-17-6-4-3-5-7-17/h3-13,16,24H,14-15H2,1-2H3,(H,25,26). The lowest BCUT2D eigenvalue weighted by atomic mass is 10.2. The van der Waals surface area contributed by atoms with Crippen molar-refractivity contribution >= 4 is 21.6 Å². The van der Waals surface area contributed by atoms with Crippen LogP contribution in [0, 0.1) is 0 Å². The second-order valence-corrected chi connectivity index (χ2v) is 8.45. The second-order valence-electron chi connectivity index (χ2n) is 6.68. The Kier molecular flexibility index (Phi) is 7.28. The molecule has 0 fully saturated rings. The summed E-state index contributed by atoms with van der Waals surface area (Å²) < 4.78 is 37.9. The first kappa shape index (κ1) is 22.3. The van der Waals surface area contributed by atoms with Gasteiger partial charge in [0.05, 0.1) is 19.1 Å². The number of ether oxygens (including phenoxy) is 2. The van der Waals surface area contributed by atoms with E-state index < -0.39 is 10.0 Å². The van der Waals surface area contributed by atoms with Crippen LogP contribution in [0.3, 0.4) is 0 Å². The zero-order chi connectivity index (χ0) is 22.3. The van der Waals surface area contributed by atoms with E-state index in [0.717, 1.165) is 5.56 Å². The fourth-order valence-electron chi connectivity index (χ4n) is 2.96. The first-order valence-electron chi connectivity index (χ1n) is 9.60. The number of rotatable bonds is 9. The van der Waals surface area contributed by atoms with Gasteiger partial charge in [-0.05, 0) is 54.4 Å². The van der Waals surface area contributed by atoms with E-state index in [1.807, 2.05) is 30.3 Å². The smallest absolute Gasteiger partial charge is 0.255 e. The van der Waals surface area contributed by atoms with E-state index in [1.165, 1.54) is 26.4 Å². The summed E-state index contributed by atoms with van der Waals surface area (Å²) in [6, 6.07) is 20.5. The SMILES string of the molecule is COc1ccc(C(=O)Nc2ccc(S(=O)(=O)NCCc3ccccc3)cc2)cc1OC. The number of carbonyl (C=O) groups excluding carboxylic acids is 1. The van der Waals surface area contributed by atoms with E-state index >= 15 is 0 Å². The highest BCUT2D eigenvalue weighted by molar-refractivity contribution is 7.89. The van der Waals surface area contributed by atoms with Gasteiger partial charge in [0, 0.05) is 17.8 Å². The van der Waals surface area contributed by atoms with E-state index in [0.29, 0.717) is 35.7 Å². The monoisotopic (exact) mass is 440 g/mol. The molecule has 0 radical (unpaired) electrons. The lowest BCUT2D eigenvalue weighted by molar-refractivity contribution is 0.102. The Morgan fingerprint density at radius 3 is 2.19 bits per heavy atom. The van der Waals surface area contributed by atoms with Gasteiger partial charge in [-0.3, -0.25) is 4.79 Å². The number of carbonyl (C=O) groups is 1. The van der Waals surface area contributed by atoms with Gasteiger partial charge in [0.1, 0.15) is 0 Å². The maximum Gasteiger partial charge on any atom is 0.255 e. The van der Waals surface area contributed by atoms with Crippen molar-refractivity contribution in [3.8, 4) is 11.5 Å². The number of hydrogen-bond donors (Lipinski definition) is 2. The average Bonchev–Trinajstić information content (AvgIpc) is 2.79. The summed E-state index contributed by atoms with van der Waals surface area (Å²) in [6.45, 7) is 0.296. The molecule has 162 valence electrons. The van der Waals surface area contributed by atoms with E-state index in [9.17, 15) is 13.2 Å². The van der Waals surface area contributed by atoms with Crippen LogP contribution in [0.25, 0.3) is 0 Å². The highest BCUT2D eigenvalue weighted by atomic mass is 32.2. The Balaban J connectivity index is 1.62. The Bertz CT molecular complexity index is 1130. The Labute approximate surface area is 182 Å². The number of anilines is 1. The summed E-state index contributed by atoms with van der Waals surface area (Å²) in [5.74, 6) is 0.615. The number of methoxy groups -OCH3 is 2. The van der Waals surface area contributed by atoms with Crippen LogP contribution >= 0.6 is 0 Å². The molecule has 2 N–H and O–H groups in total. The number of nitrogens with one attached hydrogen (secondary N) is 2. The molecular formula is C23H24N2O5S. The third kappa shape index (κ3) is 5.84. The molecule has 0 unspecified atom stereocenters. The van der Waals surface area contributed by atoms with Crippen molar-refractivity contribution in [1.82, 2.24) is 4.72 Å². The minimum atomic E-state index is -3.64. The maximum atomic E-state index is 12.5. The molecule has 0 atom stereocenters. The molecule has 0 saturated heterocycles. The van der Waals surface area contributed by atoms with Gasteiger partial charge in [-0.1, -0.05) is 30.3 Å². The van der Waals surface area contributed by atoms with E-state index in [-0.39, 0.29) is 10.8 Å². The second kappa shape index (κ2) is 10.1. The molecule has 7 nitrogen and oxygen atoms in total. The predicted molar refractivity (Wildman–Crippen MR) is 119 cm³/mol. The molecule has 3 rings (SSSR count). The number of hydrogen-bond acceptors (Lipinski definition) is 5. The quantitative estimate of drug-likeness (QED) is 0.531. The molecule has 0 aliphatic heterocycles. The Morgan fingerprint density at radius 1 is 0.871 bits per heavy atom. The van der Waals surface area contributed by atoms with Crippen LogP contribution < -0.4 is 19.5 Å². The van der Waals surface area contributed by atoms with Crippen molar-refractivity contribution in [2.75, 3.05) is 26.1 Å². The lowest BCUT2D eigenvalue weighted by Gasteiger charge is -2.11. The van der Waals surface area contributed by atoms with E-state index in [1.54, 1.807) is 30.3 Å². The maximum absolute atomic E-state index is 12.5. The minimum Gasteiger partial charge on any atom is -0.493 e. The molecule has 0 bridgehead atoms. The highest BCUT2D eigenvalue weighted by Crippen LogP contribution is 2.28. The third-order valence-electron chi connectivity index (χ3n) is 4.62. The van der Waals surface area contributed by atoms with Crippen LogP contribution in [-0.4, -0.2) is 35.1 Å². The lowest BCUT2D eigenvalue weighted by Crippen LogP contribution is -2.26. The Morgan fingerprint density at radius 2 is 1.55 bits per heavy atom. The molecule has 0 aromatic heterocycles. The molecule has 0 spiro atoms. The van der Waals surface area contributed by atoms with Crippen molar-refractivity contribution in [2.24, 2.45) is 0 Å². The molecular weight excluding hydrogens is 416 g/mol. The van der Waals surface area contributed by atoms with Crippen LogP contribution in [0.15, 0.2) is 77.7 Å². The first-order valence-corrected chi connectivity index (χ1v) is 11.1. The van der Waals surface area contributed by atoms with Gasteiger partial charge < -0.3 is 14.8 Å². The first-order chi connectivity index (χ1) is 14.9. The fourth-order valence-corrected chi connectivity index (χ4v) is 3.99. The molecule has 0 saturated carbocycles. The summed E-state index contributed by atoms with van der Waals surface area (Å²) in [5, 5.41) is 2.74. The summed E-state index contributed by atoms with van der Waals surface area (Å²) in [6.07, 6.45) is 0.597. The van der Waals surface area contributed by atoms with Crippen molar-refractivity contribution in [1.29, 1.82) is 0 Å². The highest BCUT2D eigenvalue weighted by Gasteiger charge is 2.15. The van der Waals surface area contributed by atoms with Gasteiger partial charge in [-0.2, -0.15) is 0 Å². The normalized spacial score (nSPS) is 11.0. The average molecular weight is 441 g/mol.